The maximum atomic E-state index is 13.8. The zero-order valence-corrected chi connectivity index (χ0v) is 18.5. The van der Waals surface area contributed by atoms with Crippen molar-refractivity contribution in [3.8, 4) is 17.0 Å². The van der Waals surface area contributed by atoms with Gasteiger partial charge in [0.05, 0.1) is 5.69 Å². The largest absolute Gasteiger partial charge is 0.478 e. The molecular formula is C24H25F2N5O2. The van der Waals surface area contributed by atoms with Gasteiger partial charge in [0.2, 0.25) is 0 Å². The van der Waals surface area contributed by atoms with Gasteiger partial charge < -0.3 is 19.9 Å². The molecule has 7 nitrogen and oxygen atoms in total. The van der Waals surface area contributed by atoms with Gasteiger partial charge in [0, 0.05) is 43.5 Å². The van der Waals surface area contributed by atoms with Crippen molar-refractivity contribution < 1.29 is 18.3 Å². The van der Waals surface area contributed by atoms with Crippen molar-refractivity contribution in [2.24, 2.45) is 0 Å². The Morgan fingerprint density at radius 3 is 2.52 bits per heavy atom. The average Bonchev–Trinajstić information content (AvgIpc) is 2.81. The van der Waals surface area contributed by atoms with Gasteiger partial charge in [-0.3, -0.25) is 4.79 Å². The first-order valence-electron chi connectivity index (χ1n) is 10.7. The van der Waals surface area contributed by atoms with E-state index in [1.54, 1.807) is 18.2 Å². The normalized spacial score (nSPS) is 15.2. The SMILES string of the molecule is CC(Oc1ccc(F)cc1F)C(=O)Nc1cccc(-c2ccc(N3CCN(C)CC3)nn2)c1. The van der Waals surface area contributed by atoms with Gasteiger partial charge in [-0.1, -0.05) is 12.1 Å². The zero-order chi connectivity index (χ0) is 23.4. The number of rotatable bonds is 6. The van der Waals surface area contributed by atoms with Crippen molar-refractivity contribution in [3.05, 3.63) is 66.2 Å². The minimum absolute atomic E-state index is 0.191. The molecule has 1 unspecified atom stereocenters. The van der Waals surface area contributed by atoms with Crippen molar-refractivity contribution in [2.45, 2.75) is 13.0 Å². The highest BCUT2D eigenvalue weighted by Crippen LogP contribution is 2.23. The van der Waals surface area contributed by atoms with Gasteiger partial charge in [0.1, 0.15) is 5.82 Å². The summed E-state index contributed by atoms with van der Waals surface area (Å²) in [6.45, 7) is 5.29. The van der Waals surface area contributed by atoms with E-state index >= 15 is 0 Å². The fraction of sp³-hybridized carbons (Fsp3) is 0.292. The van der Waals surface area contributed by atoms with Crippen molar-refractivity contribution in [1.82, 2.24) is 15.1 Å². The zero-order valence-electron chi connectivity index (χ0n) is 18.5. The van der Waals surface area contributed by atoms with E-state index in [1.165, 1.54) is 6.92 Å². The van der Waals surface area contributed by atoms with Crippen molar-refractivity contribution >= 4 is 17.4 Å². The maximum Gasteiger partial charge on any atom is 0.265 e. The molecule has 2 heterocycles. The number of nitrogens with one attached hydrogen (secondary N) is 1. The molecule has 1 fully saturated rings. The monoisotopic (exact) mass is 453 g/mol. The Kier molecular flexibility index (Phi) is 6.79. The molecule has 33 heavy (non-hydrogen) atoms. The van der Waals surface area contributed by atoms with E-state index < -0.39 is 23.6 Å². The Morgan fingerprint density at radius 1 is 1.03 bits per heavy atom. The molecule has 0 radical (unpaired) electrons. The average molecular weight is 453 g/mol. The summed E-state index contributed by atoms with van der Waals surface area (Å²) in [5.41, 5.74) is 2.02. The second-order valence-electron chi connectivity index (χ2n) is 7.97. The first kappa shape index (κ1) is 22.6. The number of ether oxygens (including phenoxy) is 1. The predicted molar refractivity (Wildman–Crippen MR) is 122 cm³/mol. The van der Waals surface area contributed by atoms with Crippen LogP contribution in [0, 0.1) is 11.6 Å². The molecule has 3 aromatic rings. The number of carbonyl (C=O) groups is 1. The minimum Gasteiger partial charge on any atom is -0.478 e. The molecule has 1 saturated heterocycles. The lowest BCUT2D eigenvalue weighted by molar-refractivity contribution is -0.122. The van der Waals surface area contributed by atoms with E-state index in [-0.39, 0.29) is 5.75 Å². The molecule has 0 aliphatic carbocycles. The lowest BCUT2D eigenvalue weighted by Gasteiger charge is -2.32. The van der Waals surface area contributed by atoms with Crippen LogP contribution in [0.4, 0.5) is 20.3 Å². The van der Waals surface area contributed by atoms with Gasteiger partial charge in [-0.2, -0.15) is 0 Å². The molecule has 1 aliphatic rings. The van der Waals surface area contributed by atoms with Crippen LogP contribution in [0.15, 0.2) is 54.6 Å². The second kappa shape index (κ2) is 9.91. The summed E-state index contributed by atoms with van der Waals surface area (Å²) in [5.74, 6) is -1.39. The van der Waals surface area contributed by atoms with E-state index in [9.17, 15) is 13.6 Å². The molecule has 1 amide bonds. The van der Waals surface area contributed by atoms with E-state index in [2.05, 4.69) is 32.4 Å². The third kappa shape index (κ3) is 5.61. The lowest BCUT2D eigenvalue weighted by atomic mass is 10.1. The standard InChI is InChI=1S/C24H25F2N5O2/c1-16(33-22-8-6-18(25)15-20(22)26)24(32)27-19-5-3-4-17(14-19)21-7-9-23(29-28-21)31-12-10-30(2)11-13-31/h3-9,14-16H,10-13H2,1-2H3,(H,27,32). The van der Waals surface area contributed by atoms with Crippen LogP contribution in [0.25, 0.3) is 11.3 Å². The molecule has 9 heteroatoms. The van der Waals surface area contributed by atoms with E-state index in [1.807, 2.05) is 18.2 Å². The third-order valence-electron chi connectivity index (χ3n) is 5.47. The molecule has 0 bridgehead atoms. The number of benzene rings is 2. The van der Waals surface area contributed by atoms with Crippen molar-refractivity contribution in [2.75, 3.05) is 43.4 Å². The van der Waals surface area contributed by atoms with Gasteiger partial charge >= 0.3 is 0 Å². The Morgan fingerprint density at radius 2 is 1.82 bits per heavy atom. The molecule has 0 spiro atoms. The van der Waals surface area contributed by atoms with Crippen LogP contribution in [0.5, 0.6) is 5.75 Å². The molecule has 0 saturated carbocycles. The van der Waals surface area contributed by atoms with Crippen LogP contribution in [-0.4, -0.2) is 60.3 Å². The summed E-state index contributed by atoms with van der Waals surface area (Å²) in [5, 5.41) is 11.5. The Bertz CT molecular complexity index is 1120. The lowest BCUT2D eigenvalue weighted by Crippen LogP contribution is -2.44. The predicted octanol–water partition coefficient (Wildman–Crippen LogP) is 3.58. The molecule has 4 rings (SSSR count). The summed E-state index contributed by atoms with van der Waals surface area (Å²) in [6.07, 6.45) is -0.990. The van der Waals surface area contributed by atoms with E-state index in [0.717, 1.165) is 49.7 Å². The molecular weight excluding hydrogens is 428 g/mol. The summed E-state index contributed by atoms with van der Waals surface area (Å²) >= 11 is 0. The van der Waals surface area contributed by atoms with E-state index in [4.69, 9.17) is 4.74 Å². The number of likely N-dealkylation sites (N-methyl/N-ethyl adjacent to an activating group) is 1. The molecule has 1 aromatic heterocycles. The van der Waals surface area contributed by atoms with Gasteiger partial charge in [-0.25, -0.2) is 8.78 Å². The maximum absolute atomic E-state index is 13.8. The second-order valence-corrected chi connectivity index (χ2v) is 7.97. The van der Waals surface area contributed by atoms with Crippen LogP contribution in [0.1, 0.15) is 6.92 Å². The smallest absolute Gasteiger partial charge is 0.265 e. The first-order valence-corrected chi connectivity index (χ1v) is 10.7. The number of anilines is 2. The summed E-state index contributed by atoms with van der Waals surface area (Å²) in [4.78, 5) is 17.0. The van der Waals surface area contributed by atoms with Crippen LogP contribution in [0.3, 0.4) is 0 Å². The number of nitrogens with zero attached hydrogens (tertiary/aromatic N) is 4. The summed E-state index contributed by atoms with van der Waals surface area (Å²) in [6, 6.07) is 14.0. The number of piperazine rings is 1. The van der Waals surface area contributed by atoms with Crippen LogP contribution in [0.2, 0.25) is 0 Å². The first-order chi connectivity index (χ1) is 15.9. The summed E-state index contributed by atoms with van der Waals surface area (Å²) in [7, 11) is 2.10. The van der Waals surface area contributed by atoms with Gasteiger partial charge in [0.15, 0.2) is 23.5 Å². The fourth-order valence-corrected chi connectivity index (χ4v) is 3.50. The number of carbonyl (C=O) groups excluding carboxylic acids is 1. The fourth-order valence-electron chi connectivity index (χ4n) is 3.50. The molecule has 1 N–H and O–H groups in total. The van der Waals surface area contributed by atoms with Crippen LogP contribution >= 0.6 is 0 Å². The van der Waals surface area contributed by atoms with Crippen molar-refractivity contribution in [1.29, 1.82) is 0 Å². The van der Waals surface area contributed by atoms with Gasteiger partial charge in [-0.15, -0.1) is 10.2 Å². The number of halogens is 2. The highest BCUT2D eigenvalue weighted by atomic mass is 19.1. The van der Waals surface area contributed by atoms with Crippen LogP contribution < -0.4 is 15.0 Å². The molecule has 172 valence electrons. The number of hydrogen-bond donors (Lipinski definition) is 1. The Balaban J connectivity index is 1.40. The minimum atomic E-state index is -0.990. The highest BCUT2D eigenvalue weighted by Gasteiger charge is 2.18. The number of hydrogen-bond acceptors (Lipinski definition) is 6. The Hall–Kier alpha value is -3.59. The van der Waals surface area contributed by atoms with Gasteiger partial charge in [-0.05, 0) is 50.4 Å². The van der Waals surface area contributed by atoms with Gasteiger partial charge in [0.25, 0.3) is 5.91 Å². The number of amides is 1. The topological polar surface area (TPSA) is 70.6 Å². The quantitative estimate of drug-likeness (QED) is 0.615. The van der Waals surface area contributed by atoms with Crippen LogP contribution in [-0.2, 0) is 4.79 Å². The number of aromatic nitrogens is 2. The molecule has 1 aliphatic heterocycles. The third-order valence-corrected chi connectivity index (χ3v) is 5.47. The van der Waals surface area contributed by atoms with E-state index in [0.29, 0.717) is 17.4 Å². The molecule has 2 aromatic carbocycles. The highest BCUT2D eigenvalue weighted by molar-refractivity contribution is 5.94. The summed E-state index contributed by atoms with van der Waals surface area (Å²) < 4.78 is 32.2. The Labute approximate surface area is 191 Å². The van der Waals surface area contributed by atoms with Crippen molar-refractivity contribution in [3.63, 3.8) is 0 Å². The molecule has 1 atom stereocenters.